The Morgan fingerprint density at radius 2 is 1.88 bits per heavy atom. The summed E-state index contributed by atoms with van der Waals surface area (Å²) >= 11 is 12.0. The fraction of sp³-hybridized carbons (Fsp3) is 0.562. The van der Waals surface area contributed by atoms with Crippen molar-refractivity contribution >= 4 is 63.2 Å². The van der Waals surface area contributed by atoms with E-state index in [9.17, 15) is 8.42 Å². The molecule has 0 aliphatic heterocycles. The Bertz CT molecular complexity index is 701. The Labute approximate surface area is 184 Å². The van der Waals surface area contributed by atoms with Crippen molar-refractivity contribution in [1.82, 2.24) is 14.5 Å². The molecule has 6 nitrogen and oxygen atoms in total. The van der Waals surface area contributed by atoms with E-state index in [1.807, 2.05) is 24.1 Å². The zero-order valence-electron chi connectivity index (χ0n) is 15.5. The second kappa shape index (κ2) is 12.2. The molecule has 0 heterocycles. The smallest absolute Gasteiger partial charge is 0.213 e. The Hall–Kier alpha value is -0.290. The van der Waals surface area contributed by atoms with Crippen LogP contribution >= 0.6 is 47.2 Å². The van der Waals surface area contributed by atoms with E-state index in [0.717, 1.165) is 11.5 Å². The number of nitrogens with one attached hydrogen (secondary N) is 1. The summed E-state index contributed by atoms with van der Waals surface area (Å²) < 4.78 is 24.8. The van der Waals surface area contributed by atoms with E-state index in [-0.39, 0.29) is 29.7 Å². The van der Waals surface area contributed by atoms with Crippen molar-refractivity contribution < 1.29 is 8.42 Å². The molecular formula is C16H27Cl2IN4O2S. The standard InChI is InChI=1S/C16H26Cl2N4O2S.HI/c1-5-25(23,24)22(4)10-6-9-20-16(19-2)21(3)12-13-7-8-14(17)15(18)11-13;/h7-8,11H,5-6,9-10,12H2,1-4H3,(H,19,20);1H. The summed E-state index contributed by atoms with van der Waals surface area (Å²) in [6.07, 6.45) is 0.690. The largest absolute Gasteiger partial charge is 0.356 e. The van der Waals surface area contributed by atoms with Crippen LogP contribution < -0.4 is 5.32 Å². The molecule has 0 saturated carbocycles. The van der Waals surface area contributed by atoms with Crippen LogP contribution in [0.3, 0.4) is 0 Å². The number of hydrogen-bond donors (Lipinski definition) is 1. The predicted molar refractivity (Wildman–Crippen MR) is 121 cm³/mol. The first kappa shape index (κ1) is 25.7. The Balaban J connectivity index is 0.00000625. The minimum absolute atomic E-state index is 0. The van der Waals surface area contributed by atoms with Crippen LogP contribution in [0, 0.1) is 0 Å². The molecule has 0 spiro atoms. The number of nitrogens with zero attached hydrogens (tertiary/aromatic N) is 3. The van der Waals surface area contributed by atoms with Gasteiger partial charge in [-0.2, -0.15) is 0 Å². The highest BCUT2D eigenvalue weighted by Gasteiger charge is 2.14. The van der Waals surface area contributed by atoms with Gasteiger partial charge in [0.05, 0.1) is 15.8 Å². The van der Waals surface area contributed by atoms with Gasteiger partial charge in [0.1, 0.15) is 0 Å². The number of rotatable bonds is 8. The lowest BCUT2D eigenvalue weighted by molar-refractivity contribution is 0.450. The highest BCUT2D eigenvalue weighted by molar-refractivity contribution is 14.0. The molecule has 0 radical (unpaired) electrons. The SMILES string of the molecule is CCS(=O)(=O)N(C)CCCNC(=NC)N(C)Cc1ccc(Cl)c(Cl)c1.I. The van der Waals surface area contributed by atoms with E-state index in [2.05, 4.69) is 10.3 Å². The summed E-state index contributed by atoms with van der Waals surface area (Å²) in [6.45, 7) is 3.36. The monoisotopic (exact) mass is 536 g/mol. The van der Waals surface area contributed by atoms with E-state index in [1.54, 1.807) is 27.1 Å². The maximum atomic E-state index is 11.7. The maximum Gasteiger partial charge on any atom is 0.213 e. The van der Waals surface area contributed by atoms with Gasteiger partial charge in [-0.05, 0) is 31.0 Å². The number of guanidine groups is 1. The molecule has 0 fully saturated rings. The molecule has 26 heavy (non-hydrogen) atoms. The average molecular weight is 537 g/mol. The molecule has 0 aliphatic rings. The van der Waals surface area contributed by atoms with Crippen LogP contribution in [-0.2, 0) is 16.6 Å². The third-order valence-electron chi connectivity index (χ3n) is 3.75. The van der Waals surface area contributed by atoms with Crippen LogP contribution in [-0.4, -0.2) is 63.6 Å². The maximum absolute atomic E-state index is 11.7. The lowest BCUT2D eigenvalue weighted by Gasteiger charge is -2.23. The number of benzene rings is 1. The van der Waals surface area contributed by atoms with E-state index in [1.165, 1.54) is 4.31 Å². The minimum atomic E-state index is -3.13. The van der Waals surface area contributed by atoms with Crippen molar-refractivity contribution in [2.24, 2.45) is 4.99 Å². The van der Waals surface area contributed by atoms with Gasteiger partial charge in [-0.25, -0.2) is 12.7 Å². The van der Waals surface area contributed by atoms with E-state index in [0.29, 0.717) is 36.1 Å². The molecule has 1 aromatic rings. The molecule has 1 aromatic carbocycles. The van der Waals surface area contributed by atoms with Gasteiger partial charge in [0.25, 0.3) is 0 Å². The van der Waals surface area contributed by atoms with Gasteiger partial charge in [0, 0.05) is 40.8 Å². The van der Waals surface area contributed by atoms with Crippen LogP contribution in [0.5, 0.6) is 0 Å². The summed E-state index contributed by atoms with van der Waals surface area (Å²) in [6, 6.07) is 5.52. The van der Waals surface area contributed by atoms with Crippen LogP contribution in [0.4, 0.5) is 0 Å². The molecule has 0 amide bonds. The highest BCUT2D eigenvalue weighted by atomic mass is 127. The third-order valence-corrected chi connectivity index (χ3v) is 6.35. The lowest BCUT2D eigenvalue weighted by Crippen LogP contribution is -2.40. The number of hydrogen-bond acceptors (Lipinski definition) is 3. The zero-order chi connectivity index (χ0) is 19.0. The van der Waals surface area contributed by atoms with Gasteiger partial charge < -0.3 is 10.2 Å². The Morgan fingerprint density at radius 1 is 1.23 bits per heavy atom. The summed E-state index contributed by atoms with van der Waals surface area (Å²) in [5.74, 6) is 0.845. The minimum Gasteiger partial charge on any atom is -0.356 e. The molecule has 0 aliphatic carbocycles. The van der Waals surface area contributed by atoms with E-state index >= 15 is 0 Å². The fourth-order valence-electron chi connectivity index (χ4n) is 2.23. The number of aliphatic imine (C=N–C) groups is 1. The van der Waals surface area contributed by atoms with Crippen molar-refractivity contribution in [2.75, 3.05) is 40.0 Å². The van der Waals surface area contributed by atoms with Crippen molar-refractivity contribution in [3.8, 4) is 0 Å². The molecule has 0 bridgehead atoms. The van der Waals surface area contributed by atoms with Crippen molar-refractivity contribution in [3.63, 3.8) is 0 Å². The molecule has 0 aromatic heterocycles. The van der Waals surface area contributed by atoms with Gasteiger partial charge >= 0.3 is 0 Å². The van der Waals surface area contributed by atoms with E-state index < -0.39 is 10.0 Å². The lowest BCUT2D eigenvalue weighted by atomic mass is 10.2. The summed E-state index contributed by atoms with van der Waals surface area (Å²) in [4.78, 5) is 6.21. The topological polar surface area (TPSA) is 65.0 Å². The molecule has 150 valence electrons. The average Bonchev–Trinajstić information content (AvgIpc) is 2.57. The zero-order valence-corrected chi connectivity index (χ0v) is 20.2. The first-order valence-electron chi connectivity index (χ1n) is 8.01. The number of halogens is 3. The van der Waals surface area contributed by atoms with Crippen LogP contribution in [0.25, 0.3) is 0 Å². The van der Waals surface area contributed by atoms with Gasteiger partial charge in [-0.3, -0.25) is 4.99 Å². The summed E-state index contributed by atoms with van der Waals surface area (Å²) in [7, 11) is 2.11. The summed E-state index contributed by atoms with van der Waals surface area (Å²) in [5, 5.41) is 4.29. The van der Waals surface area contributed by atoms with Crippen molar-refractivity contribution in [2.45, 2.75) is 19.9 Å². The highest BCUT2D eigenvalue weighted by Crippen LogP contribution is 2.23. The van der Waals surface area contributed by atoms with Gasteiger partial charge in [0.15, 0.2) is 5.96 Å². The van der Waals surface area contributed by atoms with Crippen LogP contribution in [0.2, 0.25) is 10.0 Å². The molecule has 0 unspecified atom stereocenters. The first-order valence-corrected chi connectivity index (χ1v) is 10.4. The predicted octanol–water partition coefficient (Wildman–Crippen LogP) is 3.29. The molecule has 1 rings (SSSR count). The molecule has 0 atom stereocenters. The normalized spacial score (nSPS) is 12.0. The fourth-order valence-corrected chi connectivity index (χ4v) is 3.40. The summed E-state index contributed by atoms with van der Waals surface area (Å²) in [5.41, 5.74) is 1.02. The molecule has 10 heteroatoms. The van der Waals surface area contributed by atoms with E-state index in [4.69, 9.17) is 23.2 Å². The van der Waals surface area contributed by atoms with Gasteiger partial charge in [0.2, 0.25) is 10.0 Å². The second-order valence-electron chi connectivity index (χ2n) is 5.65. The first-order chi connectivity index (χ1) is 11.7. The van der Waals surface area contributed by atoms with Crippen molar-refractivity contribution in [3.05, 3.63) is 33.8 Å². The molecule has 0 saturated heterocycles. The Kier molecular flexibility index (Phi) is 12.1. The van der Waals surface area contributed by atoms with Crippen molar-refractivity contribution in [1.29, 1.82) is 0 Å². The van der Waals surface area contributed by atoms with Gasteiger partial charge in [-0.15, -0.1) is 24.0 Å². The Morgan fingerprint density at radius 3 is 2.42 bits per heavy atom. The number of sulfonamides is 1. The molecular weight excluding hydrogens is 510 g/mol. The van der Waals surface area contributed by atoms with Crippen LogP contribution in [0.15, 0.2) is 23.2 Å². The van der Waals surface area contributed by atoms with Gasteiger partial charge in [-0.1, -0.05) is 29.3 Å². The second-order valence-corrected chi connectivity index (χ2v) is 8.83. The van der Waals surface area contributed by atoms with Crippen LogP contribution in [0.1, 0.15) is 18.9 Å². The quantitative estimate of drug-likeness (QED) is 0.240. The molecule has 1 N–H and O–H groups in total. The third kappa shape index (κ3) is 8.16.